The number of sulfonamides is 1. The third-order valence-corrected chi connectivity index (χ3v) is 8.40. The number of piperazine rings is 1. The highest BCUT2D eigenvalue weighted by Crippen LogP contribution is 2.30. The molecule has 3 aromatic carbocycles. The summed E-state index contributed by atoms with van der Waals surface area (Å²) in [7, 11) is -3.64. The summed E-state index contributed by atoms with van der Waals surface area (Å²) >= 11 is 6.29. The number of nitrogens with one attached hydrogen (secondary N) is 1. The first-order valence-electron chi connectivity index (χ1n) is 12.9. The van der Waals surface area contributed by atoms with Gasteiger partial charge in [0.15, 0.2) is 6.61 Å². The van der Waals surface area contributed by atoms with Crippen LogP contribution >= 0.6 is 11.6 Å². The predicted octanol–water partition coefficient (Wildman–Crippen LogP) is 4.73. The van der Waals surface area contributed by atoms with Crippen LogP contribution in [-0.4, -0.2) is 63.5 Å². The van der Waals surface area contributed by atoms with Gasteiger partial charge in [0.2, 0.25) is 10.0 Å². The molecule has 1 amide bonds. The van der Waals surface area contributed by atoms with E-state index in [4.69, 9.17) is 16.3 Å². The number of unbranched alkanes of at least 4 members (excludes halogenated alkanes) is 1. The fourth-order valence-electron chi connectivity index (χ4n) is 4.58. The van der Waals surface area contributed by atoms with Crippen LogP contribution in [0.15, 0.2) is 83.8 Å². The van der Waals surface area contributed by atoms with Crippen LogP contribution in [-0.2, 0) is 14.8 Å². The predicted molar refractivity (Wildman–Crippen MR) is 150 cm³/mol. The number of benzene rings is 3. The average molecular weight is 556 g/mol. The van der Waals surface area contributed by atoms with Crippen LogP contribution in [0.4, 0.5) is 0 Å². The zero-order valence-corrected chi connectivity index (χ0v) is 23.1. The van der Waals surface area contributed by atoms with E-state index in [2.05, 4.69) is 58.2 Å². The first-order chi connectivity index (χ1) is 18.4. The van der Waals surface area contributed by atoms with Crippen molar-refractivity contribution >= 4 is 27.5 Å². The number of hydrogen-bond acceptors (Lipinski definition) is 5. The van der Waals surface area contributed by atoms with E-state index in [0.717, 1.165) is 25.9 Å². The quantitative estimate of drug-likeness (QED) is 0.346. The van der Waals surface area contributed by atoms with Gasteiger partial charge in [0.05, 0.1) is 16.0 Å². The van der Waals surface area contributed by atoms with Crippen molar-refractivity contribution in [3.63, 3.8) is 0 Å². The third kappa shape index (κ3) is 7.14. The van der Waals surface area contributed by atoms with Crippen molar-refractivity contribution in [2.24, 2.45) is 0 Å². The Morgan fingerprint density at radius 1 is 0.947 bits per heavy atom. The molecule has 4 rings (SSSR count). The van der Waals surface area contributed by atoms with E-state index in [9.17, 15) is 13.2 Å². The van der Waals surface area contributed by atoms with Gasteiger partial charge in [-0.15, -0.1) is 0 Å². The van der Waals surface area contributed by atoms with Gasteiger partial charge in [0, 0.05) is 32.7 Å². The van der Waals surface area contributed by atoms with Gasteiger partial charge in [0.25, 0.3) is 5.91 Å². The molecule has 0 atom stereocenters. The summed E-state index contributed by atoms with van der Waals surface area (Å²) in [5.41, 5.74) is 2.45. The summed E-state index contributed by atoms with van der Waals surface area (Å²) < 4.78 is 33.1. The van der Waals surface area contributed by atoms with Gasteiger partial charge in [-0.1, -0.05) is 85.6 Å². The molecule has 1 saturated heterocycles. The summed E-state index contributed by atoms with van der Waals surface area (Å²) in [4.78, 5) is 17.2. The normalized spacial score (nSPS) is 14.6. The second-order valence-corrected chi connectivity index (χ2v) is 11.4. The highest BCUT2D eigenvalue weighted by Gasteiger charge is 2.28. The highest BCUT2D eigenvalue weighted by molar-refractivity contribution is 7.89. The number of nitrogens with zero attached hydrogens (tertiary/aromatic N) is 2. The molecule has 1 heterocycles. The topological polar surface area (TPSA) is 78.9 Å². The molecule has 202 valence electrons. The fraction of sp³-hybridized carbons (Fsp3) is 0.345. The zero-order valence-electron chi connectivity index (χ0n) is 21.6. The molecule has 9 heteroatoms. The second-order valence-electron chi connectivity index (χ2n) is 9.27. The maximum atomic E-state index is 12.9. The summed E-state index contributed by atoms with van der Waals surface area (Å²) in [6.07, 6.45) is 1.64. The first kappa shape index (κ1) is 28.1. The first-order valence-corrected chi connectivity index (χ1v) is 14.8. The lowest BCUT2D eigenvalue weighted by atomic mass is 9.96. The standard InChI is InChI=1S/C29H34ClN3O4S/c1-2-3-16-31-38(35,36)25-14-15-27(26(30)21-25)37-22-28(34)32-17-19-33(20-18-32)29(23-10-6-4-7-11-23)24-12-8-5-9-13-24/h4-15,21,29,31H,2-3,16-20,22H2,1H3. The van der Waals surface area contributed by atoms with Crippen LogP contribution < -0.4 is 9.46 Å². The average Bonchev–Trinajstić information content (AvgIpc) is 2.94. The Hall–Kier alpha value is -2.91. The summed E-state index contributed by atoms with van der Waals surface area (Å²) in [5, 5.41) is 0.148. The maximum absolute atomic E-state index is 12.9. The molecule has 0 aromatic heterocycles. The van der Waals surface area contributed by atoms with Crippen LogP contribution in [0.3, 0.4) is 0 Å². The van der Waals surface area contributed by atoms with Crippen molar-refractivity contribution in [2.45, 2.75) is 30.7 Å². The Morgan fingerprint density at radius 2 is 1.55 bits per heavy atom. The van der Waals surface area contributed by atoms with Gasteiger partial charge in [-0.3, -0.25) is 9.69 Å². The number of rotatable bonds is 11. The van der Waals surface area contributed by atoms with Crippen LogP contribution in [0.25, 0.3) is 0 Å². The van der Waals surface area contributed by atoms with Gasteiger partial charge < -0.3 is 9.64 Å². The molecule has 1 fully saturated rings. The van der Waals surface area contributed by atoms with E-state index in [0.29, 0.717) is 19.6 Å². The van der Waals surface area contributed by atoms with Crippen LogP contribution in [0.5, 0.6) is 5.75 Å². The Bertz CT molecular complexity index is 1260. The zero-order chi connectivity index (χ0) is 27.0. The number of halogens is 1. The van der Waals surface area contributed by atoms with E-state index in [1.165, 1.54) is 29.3 Å². The van der Waals surface area contributed by atoms with Crippen molar-refractivity contribution < 1.29 is 17.9 Å². The van der Waals surface area contributed by atoms with Crippen LogP contribution in [0.2, 0.25) is 5.02 Å². The SMILES string of the molecule is CCCCNS(=O)(=O)c1ccc(OCC(=O)N2CCN(C(c3ccccc3)c3ccccc3)CC2)c(Cl)c1. The van der Waals surface area contributed by atoms with Gasteiger partial charge in [-0.25, -0.2) is 13.1 Å². The van der Waals surface area contributed by atoms with Gasteiger partial charge in [0.1, 0.15) is 5.75 Å². The van der Waals surface area contributed by atoms with E-state index < -0.39 is 10.0 Å². The Labute approximate surface area is 230 Å². The summed E-state index contributed by atoms with van der Waals surface area (Å²) in [6.45, 7) is 4.84. The van der Waals surface area contributed by atoms with Gasteiger partial charge in [-0.2, -0.15) is 0 Å². The van der Waals surface area contributed by atoms with E-state index >= 15 is 0 Å². The molecule has 1 aliphatic rings. The van der Waals surface area contributed by atoms with Crippen molar-refractivity contribution in [1.29, 1.82) is 0 Å². The lowest BCUT2D eigenvalue weighted by molar-refractivity contribution is -0.135. The molecule has 0 unspecified atom stereocenters. The third-order valence-electron chi connectivity index (χ3n) is 6.65. The molecule has 7 nitrogen and oxygen atoms in total. The molecule has 1 N–H and O–H groups in total. The largest absolute Gasteiger partial charge is 0.482 e. The van der Waals surface area contributed by atoms with Crippen molar-refractivity contribution in [3.8, 4) is 5.75 Å². The molecule has 38 heavy (non-hydrogen) atoms. The molecule has 0 saturated carbocycles. The number of carbonyl (C=O) groups is 1. The maximum Gasteiger partial charge on any atom is 0.260 e. The molecule has 0 spiro atoms. The monoisotopic (exact) mass is 555 g/mol. The van der Waals surface area contributed by atoms with Crippen molar-refractivity contribution in [2.75, 3.05) is 39.3 Å². The minimum Gasteiger partial charge on any atom is -0.482 e. The van der Waals surface area contributed by atoms with Crippen LogP contribution in [0.1, 0.15) is 36.9 Å². The van der Waals surface area contributed by atoms with Gasteiger partial charge in [-0.05, 0) is 35.7 Å². The number of amides is 1. The minimum atomic E-state index is -3.64. The number of hydrogen-bond donors (Lipinski definition) is 1. The molecular formula is C29H34ClN3O4S. The molecule has 3 aromatic rings. The lowest BCUT2D eigenvalue weighted by Gasteiger charge is -2.39. The molecule has 0 aliphatic carbocycles. The molecule has 1 aliphatic heterocycles. The van der Waals surface area contributed by atoms with Crippen molar-refractivity contribution in [3.05, 3.63) is 95.0 Å². The highest BCUT2D eigenvalue weighted by atomic mass is 35.5. The van der Waals surface area contributed by atoms with Crippen LogP contribution in [0, 0.1) is 0 Å². The molecule has 0 radical (unpaired) electrons. The number of ether oxygens (including phenoxy) is 1. The number of carbonyl (C=O) groups excluding carboxylic acids is 1. The lowest BCUT2D eigenvalue weighted by Crippen LogP contribution is -2.51. The summed E-state index contributed by atoms with van der Waals surface area (Å²) in [5.74, 6) is 0.147. The smallest absolute Gasteiger partial charge is 0.260 e. The Morgan fingerprint density at radius 3 is 2.11 bits per heavy atom. The minimum absolute atomic E-state index is 0.0692. The van der Waals surface area contributed by atoms with Gasteiger partial charge >= 0.3 is 0 Å². The molecule has 0 bridgehead atoms. The van der Waals surface area contributed by atoms with E-state index in [1.807, 2.05) is 19.1 Å². The molecular weight excluding hydrogens is 522 g/mol. The Balaban J connectivity index is 1.34. The fourth-order valence-corrected chi connectivity index (χ4v) is 5.98. The summed E-state index contributed by atoms with van der Waals surface area (Å²) in [6, 6.07) is 25.2. The van der Waals surface area contributed by atoms with E-state index in [-0.39, 0.29) is 34.2 Å². The van der Waals surface area contributed by atoms with E-state index in [1.54, 1.807) is 4.90 Å². The Kier molecular flexibility index (Phi) is 9.80. The van der Waals surface area contributed by atoms with Crippen molar-refractivity contribution in [1.82, 2.24) is 14.5 Å². The second kappa shape index (κ2) is 13.2.